The molecule has 2 rings (SSSR count). The smallest absolute Gasteiger partial charge is 0.146 e. The van der Waals surface area contributed by atoms with Crippen molar-refractivity contribution in [2.45, 2.75) is 24.2 Å². The average molecular weight is 315 g/mol. The zero-order valence-corrected chi connectivity index (χ0v) is 12.6. The highest BCUT2D eigenvalue weighted by molar-refractivity contribution is 9.08. The normalized spacial score (nSPS) is 20.5. The summed E-state index contributed by atoms with van der Waals surface area (Å²) >= 11 is 3.35. The number of likely N-dealkylation sites (N-methyl/N-ethyl adjacent to an activating group) is 1. The highest BCUT2D eigenvalue weighted by Crippen LogP contribution is 2.25. The van der Waals surface area contributed by atoms with E-state index >= 15 is 0 Å². The summed E-state index contributed by atoms with van der Waals surface area (Å²) in [5.74, 6) is -0.105. The molecule has 1 aromatic carbocycles. The quantitative estimate of drug-likeness (QED) is 0.790. The molecule has 0 amide bonds. The van der Waals surface area contributed by atoms with Gasteiger partial charge < -0.3 is 9.80 Å². The summed E-state index contributed by atoms with van der Waals surface area (Å²) in [5.41, 5.74) is 1.73. The number of hydrogen-bond donors (Lipinski definition) is 0. The number of benzene rings is 1. The summed E-state index contributed by atoms with van der Waals surface area (Å²) in [6.07, 6.45) is 2.33. The Labute approximate surface area is 117 Å². The molecule has 1 aromatic rings. The van der Waals surface area contributed by atoms with E-state index in [4.69, 9.17) is 0 Å². The minimum atomic E-state index is -0.105. The minimum absolute atomic E-state index is 0.105. The minimum Gasteiger partial charge on any atom is -0.368 e. The van der Waals surface area contributed by atoms with E-state index in [-0.39, 0.29) is 5.82 Å². The molecule has 100 valence electrons. The van der Waals surface area contributed by atoms with Crippen LogP contribution in [0.4, 0.5) is 10.1 Å². The fraction of sp³-hybridized carbons (Fsp3) is 0.571. The molecule has 1 heterocycles. The number of piperidine rings is 1. The first-order chi connectivity index (χ1) is 8.61. The highest BCUT2D eigenvalue weighted by Gasteiger charge is 2.23. The van der Waals surface area contributed by atoms with Crippen molar-refractivity contribution in [2.75, 3.05) is 32.1 Å². The van der Waals surface area contributed by atoms with Crippen LogP contribution >= 0.6 is 15.9 Å². The third-order valence-electron chi connectivity index (χ3n) is 3.63. The average Bonchev–Trinajstić information content (AvgIpc) is 2.38. The number of nitrogens with zero attached hydrogens (tertiary/aromatic N) is 2. The van der Waals surface area contributed by atoms with Crippen molar-refractivity contribution in [1.29, 1.82) is 0 Å². The van der Waals surface area contributed by atoms with Crippen LogP contribution in [0.25, 0.3) is 0 Å². The monoisotopic (exact) mass is 314 g/mol. The first kappa shape index (κ1) is 13.8. The molecule has 1 atom stereocenters. The van der Waals surface area contributed by atoms with E-state index in [1.165, 1.54) is 6.42 Å². The Morgan fingerprint density at radius 1 is 1.44 bits per heavy atom. The molecule has 1 saturated heterocycles. The molecule has 1 aliphatic rings. The second kappa shape index (κ2) is 6.02. The molecule has 0 spiro atoms. The van der Waals surface area contributed by atoms with Gasteiger partial charge in [0.1, 0.15) is 5.82 Å². The van der Waals surface area contributed by atoms with Crippen LogP contribution in [0.15, 0.2) is 18.2 Å². The zero-order valence-electron chi connectivity index (χ0n) is 11.0. The second-order valence-electron chi connectivity index (χ2n) is 5.13. The lowest BCUT2D eigenvalue weighted by atomic mass is 10.0. The van der Waals surface area contributed by atoms with E-state index < -0.39 is 0 Å². The maximum atomic E-state index is 14.1. The highest BCUT2D eigenvalue weighted by atomic mass is 79.9. The molecule has 0 aliphatic carbocycles. The Bertz CT molecular complexity index is 409. The SMILES string of the molecule is CN(C)C1CCCN(c2ccc(CBr)cc2F)C1. The summed E-state index contributed by atoms with van der Waals surface area (Å²) in [6.45, 7) is 1.87. The zero-order chi connectivity index (χ0) is 13.1. The van der Waals surface area contributed by atoms with E-state index in [0.29, 0.717) is 11.4 Å². The molecule has 1 unspecified atom stereocenters. The van der Waals surface area contributed by atoms with Crippen LogP contribution < -0.4 is 4.90 Å². The van der Waals surface area contributed by atoms with Crippen molar-refractivity contribution < 1.29 is 4.39 Å². The van der Waals surface area contributed by atoms with Gasteiger partial charge in [-0.15, -0.1) is 0 Å². The molecule has 0 radical (unpaired) electrons. The lowest BCUT2D eigenvalue weighted by Crippen LogP contribution is -2.45. The summed E-state index contributed by atoms with van der Waals surface area (Å²) in [6, 6.07) is 6.05. The fourth-order valence-corrected chi connectivity index (χ4v) is 2.83. The molecule has 18 heavy (non-hydrogen) atoms. The van der Waals surface area contributed by atoms with Crippen LogP contribution in [0, 0.1) is 5.82 Å². The fourth-order valence-electron chi connectivity index (χ4n) is 2.49. The molecule has 0 saturated carbocycles. The van der Waals surface area contributed by atoms with Gasteiger partial charge >= 0.3 is 0 Å². The first-order valence-corrected chi connectivity index (χ1v) is 7.49. The van der Waals surface area contributed by atoms with Gasteiger partial charge in [0, 0.05) is 24.5 Å². The predicted octanol–water partition coefficient (Wildman–Crippen LogP) is 3.25. The molecular formula is C14H20BrFN2. The molecule has 0 bridgehead atoms. The third kappa shape index (κ3) is 3.04. The number of alkyl halides is 1. The van der Waals surface area contributed by atoms with Crippen LogP contribution in [-0.2, 0) is 5.33 Å². The topological polar surface area (TPSA) is 6.48 Å². The van der Waals surface area contributed by atoms with Gasteiger partial charge in [-0.05, 0) is 44.6 Å². The Morgan fingerprint density at radius 2 is 2.22 bits per heavy atom. The van der Waals surface area contributed by atoms with E-state index in [1.807, 2.05) is 12.1 Å². The van der Waals surface area contributed by atoms with E-state index in [9.17, 15) is 4.39 Å². The lowest BCUT2D eigenvalue weighted by molar-refractivity contribution is 0.257. The molecule has 1 fully saturated rings. The van der Waals surface area contributed by atoms with Gasteiger partial charge in [0.15, 0.2) is 0 Å². The molecular weight excluding hydrogens is 295 g/mol. The predicted molar refractivity (Wildman–Crippen MR) is 78.0 cm³/mol. The van der Waals surface area contributed by atoms with E-state index in [0.717, 1.165) is 30.8 Å². The van der Waals surface area contributed by atoms with Crippen LogP contribution in [0.2, 0.25) is 0 Å². The van der Waals surface area contributed by atoms with Gasteiger partial charge in [-0.3, -0.25) is 0 Å². The molecule has 4 heteroatoms. The number of hydrogen-bond acceptors (Lipinski definition) is 2. The lowest BCUT2D eigenvalue weighted by Gasteiger charge is -2.37. The van der Waals surface area contributed by atoms with Crippen molar-refractivity contribution in [3.05, 3.63) is 29.6 Å². The summed E-state index contributed by atoms with van der Waals surface area (Å²) in [7, 11) is 4.19. The van der Waals surface area contributed by atoms with Crippen molar-refractivity contribution in [3.8, 4) is 0 Å². The standard InChI is InChI=1S/C14H20BrFN2/c1-17(2)12-4-3-7-18(10-12)14-6-5-11(9-15)8-13(14)16/h5-6,8,12H,3-4,7,9-10H2,1-2H3. The van der Waals surface area contributed by atoms with Crippen LogP contribution in [0.5, 0.6) is 0 Å². The first-order valence-electron chi connectivity index (χ1n) is 6.37. The van der Waals surface area contributed by atoms with Gasteiger partial charge in [-0.1, -0.05) is 22.0 Å². The molecule has 0 aromatic heterocycles. The maximum Gasteiger partial charge on any atom is 0.146 e. The third-order valence-corrected chi connectivity index (χ3v) is 4.28. The van der Waals surface area contributed by atoms with Crippen molar-refractivity contribution in [1.82, 2.24) is 4.90 Å². The van der Waals surface area contributed by atoms with E-state index in [2.05, 4.69) is 39.8 Å². The van der Waals surface area contributed by atoms with Gasteiger partial charge in [0.25, 0.3) is 0 Å². The van der Waals surface area contributed by atoms with Crippen molar-refractivity contribution >= 4 is 21.6 Å². The number of anilines is 1. The molecule has 0 N–H and O–H groups in total. The number of halogens is 2. The Kier molecular flexibility index (Phi) is 4.62. The van der Waals surface area contributed by atoms with E-state index in [1.54, 1.807) is 6.07 Å². The van der Waals surface area contributed by atoms with Crippen molar-refractivity contribution in [3.63, 3.8) is 0 Å². The Balaban J connectivity index is 2.15. The molecule has 2 nitrogen and oxygen atoms in total. The van der Waals surface area contributed by atoms with Gasteiger partial charge in [-0.25, -0.2) is 4.39 Å². The number of rotatable bonds is 3. The van der Waals surface area contributed by atoms with Gasteiger partial charge in [0.2, 0.25) is 0 Å². The van der Waals surface area contributed by atoms with Crippen LogP contribution in [0.1, 0.15) is 18.4 Å². The molecule has 1 aliphatic heterocycles. The van der Waals surface area contributed by atoms with Crippen molar-refractivity contribution in [2.24, 2.45) is 0 Å². The maximum absolute atomic E-state index is 14.1. The summed E-state index contributed by atoms with van der Waals surface area (Å²) < 4.78 is 14.1. The van der Waals surface area contributed by atoms with Crippen LogP contribution in [0.3, 0.4) is 0 Å². The largest absolute Gasteiger partial charge is 0.368 e. The summed E-state index contributed by atoms with van der Waals surface area (Å²) in [5, 5.41) is 0.699. The van der Waals surface area contributed by atoms with Gasteiger partial charge in [0.05, 0.1) is 5.69 Å². The van der Waals surface area contributed by atoms with Gasteiger partial charge in [-0.2, -0.15) is 0 Å². The Hall–Kier alpha value is -0.610. The Morgan fingerprint density at radius 3 is 2.83 bits per heavy atom. The second-order valence-corrected chi connectivity index (χ2v) is 5.69. The van der Waals surface area contributed by atoms with Crippen LogP contribution in [-0.4, -0.2) is 38.1 Å². The summed E-state index contributed by atoms with van der Waals surface area (Å²) in [4.78, 5) is 4.40.